The third kappa shape index (κ3) is 3.60. The average molecular weight is 196 g/mol. The van der Waals surface area contributed by atoms with Gasteiger partial charge in [-0.2, -0.15) is 5.10 Å². The molecule has 1 aromatic heterocycles. The number of aliphatic carboxylic acids is 1. The molecule has 14 heavy (non-hydrogen) atoms. The van der Waals surface area contributed by atoms with Crippen LogP contribution in [0.4, 0.5) is 0 Å². The molecule has 0 saturated carbocycles. The molecule has 0 fully saturated rings. The predicted molar refractivity (Wildman–Crippen MR) is 52.9 cm³/mol. The number of aryl methyl sites for hydroxylation is 1. The zero-order chi connectivity index (χ0) is 10.4. The molecule has 0 amide bonds. The molecule has 1 N–H and O–H groups in total. The molecular weight excluding hydrogens is 180 g/mol. The first kappa shape index (κ1) is 10.8. The molecule has 0 radical (unpaired) electrons. The Morgan fingerprint density at radius 2 is 2.36 bits per heavy atom. The molecule has 1 aromatic rings. The van der Waals surface area contributed by atoms with Crippen LogP contribution in [0.1, 0.15) is 26.2 Å². The van der Waals surface area contributed by atoms with Gasteiger partial charge in [-0.15, -0.1) is 0 Å². The summed E-state index contributed by atoms with van der Waals surface area (Å²) in [5.41, 5.74) is 0. The lowest BCUT2D eigenvalue weighted by molar-refractivity contribution is -0.141. The van der Waals surface area contributed by atoms with Gasteiger partial charge < -0.3 is 5.11 Å². The second-order valence-corrected chi connectivity index (χ2v) is 3.50. The first-order chi connectivity index (χ1) is 6.70. The SMILES string of the molecule is CC(CCCCn1cccn1)C(=O)O. The van der Waals surface area contributed by atoms with Crippen molar-refractivity contribution in [1.29, 1.82) is 0 Å². The first-order valence-electron chi connectivity index (χ1n) is 4.90. The molecule has 0 bridgehead atoms. The number of carboxylic acids is 1. The zero-order valence-electron chi connectivity index (χ0n) is 8.39. The molecular formula is C10H16N2O2. The van der Waals surface area contributed by atoms with E-state index in [9.17, 15) is 4.79 Å². The summed E-state index contributed by atoms with van der Waals surface area (Å²) in [6, 6.07) is 1.89. The fourth-order valence-corrected chi connectivity index (χ4v) is 1.28. The number of unbranched alkanes of at least 4 members (excludes halogenated alkanes) is 1. The van der Waals surface area contributed by atoms with Gasteiger partial charge in [0.1, 0.15) is 0 Å². The van der Waals surface area contributed by atoms with Gasteiger partial charge in [-0.1, -0.05) is 13.3 Å². The van der Waals surface area contributed by atoms with E-state index < -0.39 is 5.97 Å². The third-order valence-electron chi connectivity index (χ3n) is 2.26. The molecule has 1 atom stereocenters. The van der Waals surface area contributed by atoms with Crippen LogP contribution in [0.3, 0.4) is 0 Å². The molecule has 0 aliphatic carbocycles. The summed E-state index contributed by atoms with van der Waals surface area (Å²) in [5, 5.41) is 12.7. The first-order valence-corrected chi connectivity index (χ1v) is 4.90. The molecule has 4 heteroatoms. The Hall–Kier alpha value is -1.32. The second kappa shape index (κ2) is 5.42. The number of rotatable bonds is 6. The largest absolute Gasteiger partial charge is 0.481 e. The van der Waals surface area contributed by atoms with Crippen molar-refractivity contribution < 1.29 is 9.90 Å². The van der Waals surface area contributed by atoms with Crippen LogP contribution in [0.25, 0.3) is 0 Å². The molecule has 1 rings (SSSR count). The van der Waals surface area contributed by atoms with Crippen molar-refractivity contribution >= 4 is 5.97 Å². The highest BCUT2D eigenvalue weighted by molar-refractivity contribution is 5.69. The number of carboxylic acid groups (broad SMARTS) is 1. The Morgan fingerprint density at radius 3 is 2.93 bits per heavy atom. The van der Waals surface area contributed by atoms with E-state index in [1.165, 1.54) is 0 Å². The van der Waals surface area contributed by atoms with E-state index >= 15 is 0 Å². The van der Waals surface area contributed by atoms with E-state index in [2.05, 4.69) is 5.10 Å². The van der Waals surface area contributed by atoms with Crippen LogP contribution in [-0.2, 0) is 11.3 Å². The fourth-order valence-electron chi connectivity index (χ4n) is 1.28. The van der Waals surface area contributed by atoms with Crippen LogP contribution in [-0.4, -0.2) is 20.9 Å². The number of aromatic nitrogens is 2. The van der Waals surface area contributed by atoms with Gasteiger partial charge in [0.25, 0.3) is 0 Å². The molecule has 0 aliphatic heterocycles. The summed E-state index contributed by atoms with van der Waals surface area (Å²) in [6.07, 6.45) is 6.34. The minimum atomic E-state index is -0.705. The van der Waals surface area contributed by atoms with Crippen molar-refractivity contribution in [2.24, 2.45) is 5.92 Å². The minimum Gasteiger partial charge on any atom is -0.481 e. The highest BCUT2D eigenvalue weighted by Crippen LogP contribution is 2.08. The lowest BCUT2D eigenvalue weighted by Crippen LogP contribution is -2.09. The number of carbonyl (C=O) groups is 1. The Labute approximate surface area is 83.5 Å². The van der Waals surface area contributed by atoms with Crippen LogP contribution < -0.4 is 0 Å². The molecule has 0 aliphatic rings. The molecule has 1 unspecified atom stereocenters. The lowest BCUT2D eigenvalue weighted by atomic mass is 10.0. The van der Waals surface area contributed by atoms with Gasteiger partial charge in [-0.05, 0) is 18.9 Å². The standard InChI is InChI=1S/C10H16N2O2/c1-9(10(13)14)5-2-3-7-12-8-4-6-11-12/h4,6,8-9H,2-3,5,7H2,1H3,(H,13,14). The van der Waals surface area contributed by atoms with Crippen molar-refractivity contribution in [2.45, 2.75) is 32.7 Å². The third-order valence-corrected chi connectivity index (χ3v) is 2.26. The van der Waals surface area contributed by atoms with Gasteiger partial charge in [0.05, 0.1) is 5.92 Å². The normalized spacial score (nSPS) is 12.6. The Balaban J connectivity index is 2.08. The van der Waals surface area contributed by atoms with Gasteiger partial charge in [0.2, 0.25) is 0 Å². The minimum absolute atomic E-state index is 0.229. The quantitative estimate of drug-likeness (QED) is 0.705. The van der Waals surface area contributed by atoms with Crippen molar-refractivity contribution in [3.05, 3.63) is 18.5 Å². The van der Waals surface area contributed by atoms with Crippen LogP contribution in [0.2, 0.25) is 0 Å². The smallest absolute Gasteiger partial charge is 0.306 e. The molecule has 0 aromatic carbocycles. The maximum atomic E-state index is 10.5. The van der Waals surface area contributed by atoms with E-state index in [-0.39, 0.29) is 5.92 Å². The van der Waals surface area contributed by atoms with E-state index in [1.54, 1.807) is 13.1 Å². The highest BCUT2D eigenvalue weighted by Gasteiger charge is 2.09. The predicted octanol–water partition coefficient (Wildman–Crippen LogP) is 1.77. The van der Waals surface area contributed by atoms with E-state index in [1.807, 2.05) is 16.9 Å². The Kier molecular flexibility index (Phi) is 4.16. The molecule has 1 heterocycles. The van der Waals surface area contributed by atoms with Crippen molar-refractivity contribution in [3.8, 4) is 0 Å². The van der Waals surface area contributed by atoms with Gasteiger partial charge in [-0.25, -0.2) is 0 Å². The maximum Gasteiger partial charge on any atom is 0.306 e. The fraction of sp³-hybridized carbons (Fsp3) is 0.600. The zero-order valence-corrected chi connectivity index (χ0v) is 8.39. The monoisotopic (exact) mass is 196 g/mol. The van der Waals surface area contributed by atoms with Crippen LogP contribution in [0.5, 0.6) is 0 Å². The number of hydrogen-bond donors (Lipinski definition) is 1. The van der Waals surface area contributed by atoms with Crippen LogP contribution in [0.15, 0.2) is 18.5 Å². The number of nitrogens with zero attached hydrogens (tertiary/aromatic N) is 2. The van der Waals surface area contributed by atoms with E-state index in [0.29, 0.717) is 0 Å². The Morgan fingerprint density at radius 1 is 1.57 bits per heavy atom. The Bertz CT molecular complexity index is 270. The summed E-state index contributed by atoms with van der Waals surface area (Å²) in [4.78, 5) is 10.5. The highest BCUT2D eigenvalue weighted by atomic mass is 16.4. The van der Waals surface area contributed by atoms with E-state index in [0.717, 1.165) is 25.8 Å². The van der Waals surface area contributed by atoms with Gasteiger partial charge in [-0.3, -0.25) is 9.48 Å². The van der Waals surface area contributed by atoms with Gasteiger partial charge >= 0.3 is 5.97 Å². The summed E-state index contributed by atoms with van der Waals surface area (Å²) in [6.45, 7) is 2.62. The van der Waals surface area contributed by atoms with Gasteiger partial charge in [0, 0.05) is 18.9 Å². The maximum absolute atomic E-state index is 10.5. The summed E-state index contributed by atoms with van der Waals surface area (Å²) >= 11 is 0. The summed E-state index contributed by atoms with van der Waals surface area (Å²) in [5.74, 6) is -0.934. The topological polar surface area (TPSA) is 55.1 Å². The lowest BCUT2D eigenvalue weighted by Gasteiger charge is -2.05. The molecule has 78 valence electrons. The van der Waals surface area contributed by atoms with E-state index in [4.69, 9.17) is 5.11 Å². The number of hydrogen-bond acceptors (Lipinski definition) is 2. The summed E-state index contributed by atoms with van der Waals surface area (Å²) < 4.78 is 1.87. The molecule has 0 spiro atoms. The van der Waals surface area contributed by atoms with Crippen molar-refractivity contribution in [2.75, 3.05) is 0 Å². The van der Waals surface area contributed by atoms with Crippen LogP contribution in [0, 0.1) is 5.92 Å². The van der Waals surface area contributed by atoms with Gasteiger partial charge in [0.15, 0.2) is 0 Å². The average Bonchev–Trinajstić information content (AvgIpc) is 2.64. The second-order valence-electron chi connectivity index (χ2n) is 3.50. The van der Waals surface area contributed by atoms with Crippen LogP contribution >= 0.6 is 0 Å². The summed E-state index contributed by atoms with van der Waals surface area (Å²) in [7, 11) is 0. The molecule has 0 saturated heterocycles. The van der Waals surface area contributed by atoms with Crippen molar-refractivity contribution in [3.63, 3.8) is 0 Å². The van der Waals surface area contributed by atoms with Crippen molar-refractivity contribution in [1.82, 2.24) is 9.78 Å². The molecule has 4 nitrogen and oxygen atoms in total.